The van der Waals surface area contributed by atoms with Crippen LogP contribution in [-0.4, -0.2) is 16.7 Å². The summed E-state index contributed by atoms with van der Waals surface area (Å²) in [7, 11) is 0. The summed E-state index contributed by atoms with van der Waals surface area (Å²) in [6, 6.07) is 21.7. The minimum Gasteiger partial charge on any atom is -0.494 e. The Labute approximate surface area is 172 Å². The van der Waals surface area contributed by atoms with Crippen LogP contribution in [0.25, 0.3) is 11.3 Å². The number of nitrogens with one attached hydrogen (secondary N) is 2. The molecule has 2 N–H and O–H groups in total. The summed E-state index contributed by atoms with van der Waals surface area (Å²) < 4.78 is 5.74. The van der Waals surface area contributed by atoms with Crippen molar-refractivity contribution in [2.75, 3.05) is 17.2 Å². The SMILES string of the molecule is CC(C)CCOc1ccc(NC(=S)Nc2ccc(-c3ccccn3)cc2)cc1. The van der Waals surface area contributed by atoms with Crippen molar-refractivity contribution >= 4 is 28.7 Å². The van der Waals surface area contributed by atoms with Crippen molar-refractivity contribution in [1.82, 2.24) is 4.98 Å². The quantitative estimate of drug-likeness (QED) is 0.485. The van der Waals surface area contributed by atoms with Crippen molar-refractivity contribution < 1.29 is 4.74 Å². The molecule has 0 aliphatic rings. The monoisotopic (exact) mass is 391 g/mol. The van der Waals surface area contributed by atoms with E-state index < -0.39 is 0 Å². The van der Waals surface area contributed by atoms with Crippen LogP contribution in [0.2, 0.25) is 0 Å². The fourth-order valence-electron chi connectivity index (χ4n) is 2.60. The molecule has 28 heavy (non-hydrogen) atoms. The van der Waals surface area contributed by atoms with Gasteiger partial charge in [0.05, 0.1) is 12.3 Å². The van der Waals surface area contributed by atoms with Crippen LogP contribution in [0.4, 0.5) is 11.4 Å². The van der Waals surface area contributed by atoms with Crippen LogP contribution in [0.15, 0.2) is 72.9 Å². The summed E-state index contributed by atoms with van der Waals surface area (Å²) in [5, 5.41) is 6.93. The fourth-order valence-corrected chi connectivity index (χ4v) is 2.83. The first-order valence-corrected chi connectivity index (χ1v) is 9.83. The molecule has 1 aromatic heterocycles. The molecule has 4 nitrogen and oxygen atoms in total. The minimum absolute atomic E-state index is 0.541. The van der Waals surface area contributed by atoms with Gasteiger partial charge in [0.25, 0.3) is 0 Å². The van der Waals surface area contributed by atoms with E-state index in [-0.39, 0.29) is 0 Å². The van der Waals surface area contributed by atoms with Gasteiger partial charge in [0, 0.05) is 23.1 Å². The maximum atomic E-state index is 5.74. The number of thiocarbonyl (C=S) groups is 1. The Hall–Kier alpha value is -2.92. The second kappa shape index (κ2) is 9.85. The smallest absolute Gasteiger partial charge is 0.175 e. The Bertz CT molecular complexity index is 878. The summed E-state index contributed by atoms with van der Waals surface area (Å²) in [5.74, 6) is 1.51. The van der Waals surface area contributed by atoms with Crippen LogP contribution in [0, 0.1) is 5.92 Å². The number of ether oxygens (including phenoxy) is 1. The maximum absolute atomic E-state index is 5.74. The van der Waals surface area contributed by atoms with Crippen molar-refractivity contribution in [3.05, 3.63) is 72.9 Å². The Kier molecular flexibility index (Phi) is 6.98. The van der Waals surface area contributed by atoms with Gasteiger partial charge in [0.2, 0.25) is 0 Å². The zero-order valence-electron chi connectivity index (χ0n) is 16.2. The highest BCUT2D eigenvalue weighted by atomic mass is 32.1. The number of nitrogens with zero attached hydrogens (tertiary/aromatic N) is 1. The van der Waals surface area contributed by atoms with Crippen LogP contribution in [0.5, 0.6) is 5.75 Å². The lowest BCUT2D eigenvalue weighted by Crippen LogP contribution is -2.18. The number of pyridine rings is 1. The highest BCUT2D eigenvalue weighted by Crippen LogP contribution is 2.20. The molecule has 3 aromatic rings. The molecule has 0 saturated heterocycles. The van der Waals surface area contributed by atoms with E-state index in [9.17, 15) is 0 Å². The van der Waals surface area contributed by atoms with Crippen molar-refractivity contribution in [3.8, 4) is 17.0 Å². The van der Waals surface area contributed by atoms with Gasteiger partial charge in [-0.3, -0.25) is 4.98 Å². The van der Waals surface area contributed by atoms with E-state index in [4.69, 9.17) is 17.0 Å². The molecule has 5 heteroatoms. The predicted octanol–water partition coefficient (Wildman–Crippen LogP) is 5.98. The Balaban J connectivity index is 1.51. The van der Waals surface area contributed by atoms with Gasteiger partial charge in [-0.1, -0.05) is 32.0 Å². The topological polar surface area (TPSA) is 46.2 Å². The zero-order valence-corrected chi connectivity index (χ0v) is 17.0. The fraction of sp³-hybridized carbons (Fsp3) is 0.217. The van der Waals surface area contributed by atoms with Crippen LogP contribution in [0.1, 0.15) is 20.3 Å². The van der Waals surface area contributed by atoms with Crippen molar-refractivity contribution in [3.63, 3.8) is 0 Å². The number of rotatable bonds is 7. The van der Waals surface area contributed by atoms with Gasteiger partial charge in [-0.05, 0) is 73.1 Å². The lowest BCUT2D eigenvalue weighted by molar-refractivity contribution is 0.289. The zero-order chi connectivity index (χ0) is 19.8. The van der Waals surface area contributed by atoms with Crippen molar-refractivity contribution in [2.24, 2.45) is 5.92 Å². The van der Waals surface area contributed by atoms with Gasteiger partial charge in [-0.25, -0.2) is 0 Å². The van der Waals surface area contributed by atoms with Crippen LogP contribution < -0.4 is 15.4 Å². The molecule has 3 rings (SSSR count). The molecule has 0 aliphatic heterocycles. The molecule has 0 spiro atoms. The highest BCUT2D eigenvalue weighted by Gasteiger charge is 2.02. The molecule has 0 unspecified atom stereocenters. The standard InChI is InChI=1S/C23H25N3OS/c1-17(2)14-16-27-21-12-10-20(11-13-21)26-23(28)25-19-8-6-18(7-9-19)22-5-3-4-15-24-22/h3-13,15,17H,14,16H2,1-2H3,(H2,25,26,28). The van der Waals surface area contributed by atoms with Crippen molar-refractivity contribution in [2.45, 2.75) is 20.3 Å². The first-order valence-electron chi connectivity index (χ1n) is 9.42. The number of hydrogen-bond acceptors (Lipinski definition) is 3. The van der Waals surface area contributed by atoms with Gasteiger partial charge in [0.1, 0.15) is 5.75 Å². The first-order chi connectivity index (χ1) is 13.6. The average molecular weight is 392 g/mol. The van der Waals surface area contributed by atoms with Gasteiger partial charge in [0.15, 0.2) is 5.11 Å². The van der Waals surface area contributed by atoms with Crippen molar-refractivity contribution in [1.29, 1.82) is 0 Å². The molecule has 144 valence electrons. The number of benzene rings is 2. The number of hydrogen-bond donors (Lipinski definition) is 2. The van der Waals surface area contributed by atoms with E-state index in [0.29, 0.717) is 11.0 Å². The van der Waals surface area contributed by atoms with Gasteiger partial charge >= 0.3 is 0 Å². The van der Waals surface area contributed by atoms with E-state index in [1.54, 1.807) is 6.20 Å². The molecular formula is C23H25N3OS. The second-order valence-corrected chi connectivity index (χ2v) is 7.34. The molecule has 2 aromatic carbocycles. The lowest BCUT2D eigenvalue weighted by Gasteiger charge is -2.12. The largest absolute Gasteiger partial charge is 0.494 e. The number of aromatic nitrogens is 1. The van der Waals surface area contributed by atoms with Crippen LogP contribution in [-0.2, 0) is 0 Å². The van der Waals surface area contributed by atoms with E-state index in [0.717, 1.165) is 41.4 Å². The lowest BCUT2D eigenvalue weighted by atomic mass is 10.1. The van der Waals surface area contributed by atoms with E-state index in [2.05, 4.69) is 29.5 Å². The predicted molar refractivity (Wildman–Crippen MR) is 121 cm³/mol. The van der Waals surface area contributed by atoms with Gasteiger partial charge in [-0.15, -0.1) is 0 Å². The maximum Gasteiger partial charge on any atom is 0.175 e. The third kappa shape index (κ3) is 6.06. The first kappa shape index (κ1) is 19.8. The number of anilines is 2. The average Bonchev–Trinajstić information content (AvgIpc) is 2.70. The Morgan fingerprint density at radius 3 is 2.14 bits per heavy atom. The molecule has 0 saturated carbocycles. The summed E-state index contributed by atoms with van der Waals surface area (Å²) in [6.07, 6.45) is 2.84. The van der Waals surface area contributed by atoms with Gasteiger partial charge < -0.3 is 15.4 Å². The molecule has 0 amide bonds. The normalized spacial score (nSPS) is 10.5. The molecule has 0 atom stereocenters. The van der Waals surface area contributed by atoms with Crippen LogP contribution >= 0.6 is 12.2 Å². The Morgan fingerprint density at radius 2 is 1.57 bits per heavy atom. The van der Waals surface area contributed by atoms with Crippen LogP contribution in [0.3, 0.4) is 0 Å². The molecule has 0 radical (unpaired) electrons. The summed E-state index contributed by atoms with van der Waals surface area (Å²) in [4.78, 5) is 4.36. The molecule has 0 bridgehead atoms. The third-order valence-corrected chi connectivity index (χ3v) is 4.38. The summed E-state index contributed by atoms with van der Waals surface area (Å²) >= 11 is 5.41. The Morgan fingerprint density at radius 1 is 0.929 bits per heavy atom. The van der Waals surface area contributed by atoms with E-state index in [1.165, 1.54) is 0 Å². The molecule has 0 aliphatic carbocycles. The van der Waals surface area contributed by atoms with E-state index >= 15 is 0 Å². The minimum atomic E-state index is 0.541. The van der Waals surface area contributed by atoms with Gasteiger partial charge in [-0.2, -0.15) is 0 Å². The van der Waals surface area contributed by atoms with E-state index in [1.807, 2.05) is 66.7 Å². The molecule has 0 fully saturated rings. The third-order valence-electron chi connectivity index (χ3n) is 4.18. The summed E-state index contributed by atoms with van der Waals surface area (Å²) in [6.45, 7) is 5.12. The highest BCUT2D eigenvalue weighted by molar-refractivity contribution is 7.80. The molecular weight excluding hydrogens is 366 g/mol. The molecule has 1 heterocycles. The second-order valence-electron chi connectivity index (χ2n) is 6.93. The summed E-state index contributed by atoms with van der Waals surface area (Å²) in [5.41, 5.74) is 3.85.